The first-order valence-electron chi connectivity index (χ1n) is 15.4. The first kappa shape index (κ1) is 28.3. The van der Waals surface area contributed by atoms with Crippen LogP contribution < -0.4 is 4.74 Å². The van der Waals surface area contributed by atoms with Gasteiger partial charge in [-0.3, -0.25) is 0 Å². The van der Waals surface area contributed by atoms with Gasteiger partial charge in [-0.15, -0.1) is 0 Å². The Hall–Kier alpha value is -2.68. The average molecular weight is 513 g/mol. The zero-order valence-corrected chi connectivity index (χ0v) is 23.8. The van der Waals surface area contributed by atoms with Crippen LogP contribution in [0.2, 0.25) is 0 Å². The number of benzene rings is 2. The number of aromatic nitrogens is 2. The number of nitrogens with zero attached hydrogens (tertiary/aromatic N) is 2. The van der Waals surface area contributed by atoms with Gasteiger partial charge in [-0.1, -0.05) is 102 Å². The largest absolute Gasteiger partial charge is 0.491 e. The molecular formula is C35H48N2O. The van der Waals surface area contributed by atoms with Crippen molar-refractivity contribution in [3.8, 4) is 28.3 Å². The van der Waals surface area contributed by atoms with Gasteiger partial charge < -0.3 is 4.74 Å². The molecule has 38 heavy (non-hydrogen) atoms. The Morgan fingerprint density at radius 2 is 1.39 bits per heavy atom. The summed E-state index contributed by atoms with van der Waals surface area (Å²) in [5.41, 5.74) is 4.68. The van der Waals surface area contributed by atoms with Crippen LogP contribution in [-0.4, -0.2) is 16.1 Å². The molecule has 1 fully saturated rings. The van der Waals surface area contributed by atoms with E-state index in [0.717, 1.165) is 35.0 Å². The van der Waals surface area contributed by atoms with E-state index in [9.17, 15) is 0 Å². The van der Waals surface area contributed by atoms with Gasteiger partial charge >= 0.3 is 0 Å². The van der Waals surface area contributed by atoms with E-state index >= 15 is 0 Å². The standard InChI is InChI=1S/C35H48N2O/c1-3-4-5-8-13-28(2)38-34-24-22-32(23-25-34)35-36-26-33(27-37-35)31-20-18-30(19-21-31)15-10-7-6-9-14-29-16-11-12-17-29/h18-29H,3-17H2,1-2H3. The first-order valence-corrected chi connectivity index (χ1v) is 15.4. The van der Waals surface area contributed by atoms with Crippen molar-refractivity contribution in [3.63, 3.8) is 0 Å². The highest BCUT2D eigenvalue weighted by Crippen LogP contribution is 2.29. The second-order valence-electron chi connectivity index (χ2n) is 11.4. The summed E-state index contributed by atoms with van der Waals surface area (Å²) in [5.74, 6) is 2.70. The fourth-order valence-corrected chi connectivity index (χ4v) is 5.74. The second-order valence-corrected chi connectivity index (χ2v) is 11.4. The summed E-state index contributed by atoms with van der Waals surface area (Å²) < 4.78 is 6.09. The average Bonchev–Trinajstić information content (AvgIpc) is 3.48. The van der Waals surface area contributed by atoms with Crippen LogP contribution in [0.25, 0.3) is 22.5 Å². The van der Waals surface area contributed by atoms with Gasteiger partial charge in [0, 0.05) is 23.5 Å². The third-order valence-corrected chi connectivity index (χ3v) is 8.16. The lowest BCUT2D eigenvalue weighted by Crippen LogP contribution is -2.11. The number of hydrogen-bond donors (Lipinski definition) is 0. The van der Waals surface area contributed by atoms with Crippen LogP contribution in [-0.2, 0) is 6.42 Å². The zero-order valence-electron chi connectivity index (χ0n) is 23.8. The maximum absolute atomic E-state index is 6.09. The van der Waals surface area contributed by atoms with Crippen LogP contribution >= 0.6 is 0 Å². The molecule has 3 aromatic rings. The summed E-state index contributed by atoms with van der Waals surface area (Å²) in [5, 5.41) is 0. The third kappa shape index (κ3) is 9.26. The monoisotopic (exact) mass is 512 g/mol. The highest BCUT2D eigenvalue weighted by atomic mass is 16.5. The topological polar surface area (TPSA) is 35.0 Å². The van der Waals surface area contributed by atoms with Crippen molar-refractivity contribution in [1.82, 2.24) is 9.97 Å². The molecule has 1 aromatic heterocycles. The molecule has 1 heterocycles. The van der Waals surface area contributed by atoms with Gasteiger partial charge in [0.05, 0.1) is 6.10 Å². The Bertz CT molecular complexity index is 1040. The van der Waals surface area contributed by atoms with Crippen molar-refractivity contribution in [2.75, 3.05) is 0 Å². The molecule has 3 heteroatoms. The number of rotatable bonds is 16. The zero-order chi connectivity index (χ0) is 26.4. The van der Waals surface area contributed by atoms with E-state index in [1.165, 1.54) is 101 Å². The molecule has 1 aliphatic rings. The molecule has 1 unspecified atom stereocenters. The minimum Gasteiger partial charge on any atom is -0.491 e. The molecule has 0 N–H and O–H groups in total. The molecule has 0 aliphatic heterocycles. The molecule has 4 rings (SSSR count). The Morgan fingerprint density at radius 3 is 2.11 bits per heavy atom. The van der Waals surface area contributed by atoms with Crippen molar-refractivity contribution >= 4 is 0 Å². The van der Waals surface area contributed by atoms with Gasteiger partial charge in [0.2, 0.25) is 0 Å². The Balaban J connectivity index is 1.19. The van der Waals surface area contributed by atoms with Crippen molar-refractivity contribution in [3.05, 3.63) is 66.5 Å². The van der Waals surface area contributed by atoms with Gasteiger partial charge in [0.25, 0.3) is 0 Å². The van der Waals surface area contributed by atoms with Gasteiger partial charge in [-0.25, -0.2) is 9.97 Å². The highest BCUT2D eigenvalue weighted by Gasteiger charge is 2.13. The van der Waals surface area contributed by atoms with Crippen molar-refractivity contribution in [2.24, 2.45) is 5.92 Å². The van der Waals surface area contributed by atoms with Crippen molar-refractivity contribution in [2.45, 2.75) is 116 Å². The van der Waals surface area contributed by atoms with E-state index in [4.69, 9.17) is 4.74 Å². The smallest absolute Gasteiger partial charge is 0.159 e. The summed E-state index contributed by atoms with van der Waals surface area (Å²) in [6, 6.07) is 17.1. The Kier molecular flexibility index (Phi) is 11.7. The van der Waals surface area contributed by atoms with E-state index in [0.29, 0.717) is 0 Å². The van der Waals surface area contributed by atoms with Crippen molar-refractivity contribution < 1.29 is 4.74 Å². The lowest BCUT2D eigenvalue weighted by molar-refractivity contribution is 0.206. The Labute approximate surface area is 231 Å². The lowest BCUT2D eigenvalue weighted by atomic mass is 9.98. The summed E-state index contributed by atoms with van der Waals surface area (Å²) in [6.07, 6.45) is 24.4. The fraction of sp³-hybridized carbons (Fsp3) is 0.543. The quantitative estimate of drug-likeness (QED) is 0.179. The van der Waals surface area contributed by atoms with Crippen LogP contribution in [0.15, 0.2) is 60.9 Å². The molecule has 0 radical (unpaired) electrons. The lowest BCUT2D eigenvalue weighted by Gasteiger charge is -2.14. The molecule has 0 bridgehead atoms. The van der Waals surface area contributed by atoms with Crippen molar-refractivity contribution in [1.29, 1.82) is 0 Å². The molecule has 3 nitrogen and oxygen atoms in total. The molecule has 1 saturated carbocycles. The summed E-state index contributed by atoms with van der Waals surface area (Å²) >= 11 is 0. The maximum atomic E-state index is 6.09. The molecule has 0 spiro atoms. The second kappa shape index (κ2) is 15.7. The van der Waals surface area contributed by atoms with Gasteiger partial charge in [-0.2, -0.15) is 0 Å². The van der Waals surface area contributed by atoms with Crippen LogP contribution in [0.1, 0.15) is 109 Å². The van der Waals surface area contributed by atoms with E-state index in [1.807, 2.05) is 24.5 Å². The van der Waals surface area contributed by atoms with Gasteiger partial charge in [-0.05, 0) is 73.9 Å². The van der Waals surface area contributed by atoms with Gasteiger partial charge in [0.15, 0.2) is 5.82 Å². The minimum atomic E-state index is 0.242. The predicted octanol–water partition coefficient (Wildman–Crippen LogP) is 10.2. The predicted molar refractivity (Wildman–Crippen MR) is 160 cm³/mol. The molecule has 1 aliphatic carbocycles. The SMILES string of the molecule is CCCCCCC(C)Oc1ccc(-c2ncc(-c3ccc(CCCCCCC4CCCC4)cc3)cn2)cc1. The maximum Gasteiger partial charge on any atom is 0.159 e. The van der Waals surface area contributed by atoms with Crippen LogP contribution in [0.3, 0.4) is 0 Å². The third-order valence-electron chi connectivity index (χ3n) is 8.16. The molecular weight excluding hydrogens is 464 g/mol. The summed E-state index contributed by atoms with van der Waals surface area (Å²) in [6.45, 7) is 4.41. The summed E-state index contributed by atoms with van der Waals surface area (Å²) in [7, 11) is 0. The molecule has 2 aromatic carbocycles. The van der Waals surface area contributed by atoms with E-state index < -0.39 is 0 Å². The highest BCUT2D eigenvalue weighted by molar-refractivity contribution is 5.64. The van der Waals surface area contributed by atoms with Crippen LogP contribution in [0.5, 0.6) is 5.75 Å². The number of hydrogen-bond acceptors (Lipinski definition) is 3. The number of aryl methyl sites for hydroxylation is 1. The van der Waals surface area contributed by atoms with Crippen LogP contribution in [0, 0.1) is 5.92 Å². The molecule has 204 valence electrons. The van der Waals surface area contributed by atoms with E-state index in [1.54, 1.807) is 0 Å². The molecule has 0 amide bonds. The molecule has 1 atom stereocenters. The van der Waals surface area contributed by atoms with E-state index in [2.05, 4.69) is 60.2 Å². The minimum absolute atomic E-state index is 0.242. The summed E-state index contributed by atoms with van der Waals surface area (Å²) in [4.78, 5) is 9.30. The van der Waals surface area contributed by atoms with E-state index in [-0.39, 0.29) is 6.10 Å². The number of ether oxygens (including phenoxy) is 1. The molecule has 0 saturated heterocycles. The number of unbranched alkanes of at least 4 members (excludes halogenated alkanes) is 6. The normalized spacial score (nSPS) is 14.6. The Morgan fingerprint density at radius 1 is 0.737 bits per heavy atom. The fourth-order valence-electron chi connectivity index (χ4n) is 5.74. The first-order chi connectivity index (χ1) is 18.7. The van der Waals surface area contributed by atoms with Crippen LogP contribution in [0.4, 0.5) is 0 Å². The van der Waals surface area contributed by atoms with Gasteiger partial charge in [0.1, 0.15) is 5.75 Å².